The molecule has 0 saturated carbocycles. The molecule has 3 heteroatoms. The molecule has 0 saturated heterocycles. The molecule has 1 unspecified atom stereocenters. The molecule has 0 heterocycles. The fourth-order valence-corrected chi connectivity index (χ4v) is 1.46. The molecule has 0 aliphatic carbocycles. The fraction of sp³-hybridized carbons (Fsp3) is 0.923. The van der Waals surface area contributed by atoms with E-state index in [1.807, 2.05) is 18.7 Å². The number of hydrogen-bond acceptors (Lipinski definition) is 2. The van der Waals surface area contributed by atoms with Crippen LogP contribution < -0.4 is 0 Å². The van der Waals surface area contributed by atoms with Crippen molar-refractivity contribution in [2.45, 2.75) is 53.6 Å². The van der Waals surface area contributed by atoms with Gasteiger partial charge in [-0.1, -0.05) is 20.8 Å². The van der Waals surface area contributed by atoms with E-state index in [9.17, 15) is 4.79 Å². The second-order valence-corrected chi connectivity index (χ2v) is 4.65. The SMILES string of the molecule is CCC(=O)N(CC)CCC(C)OCC(C)C. The second-order valence-electron chi connectivity index (χ2n) is 4.65. The summed E-state index contributed by atoms with van der Waals surface area (Å²) < 4.78 is 5.67. The first-order valence-electron chi connectivity index (χ1n) is 6.40. The maximum absolute atomic E-state index is 11.5. The summed E-state index contributed by atoms with van der Waals surface area (Å²) in [5.74, 6) is 0.806. The van der Waals surface area contributed by atoms with Crippen LogP contribution in [0.5, 0.6) is 0 Å². The highest BCUT2D eigenvalue weighted by atomic mass is 16.5. The van der Waals surface area contributed by atoms with Gasteiger partial charge in [0.25, 0.3) is 0 Å². The van der Waals surface area contributed by atoms with Crippen LogP contribution in [0.3, 0.4) is 0 Å². The Hall–Kier alpha value is -0.570. The molecule has 0 N–H and O–H groups in total. The van der Waals surface area contributed by atoms with Crippen molar-refractivity contribution in [1.82, 2.24) is 4.90 Å². The minimum atomic E-state index is 0.235. The van der Waals surface area contributed by atoms with Gasteiger partial charge in [-0.05, 0) is 26.2 Å². The first-order chi connectivity index (χ1) is 7.51. The van der Waals surface area contributed by atoms with E-state index < -0.39 is 0 Å². The van der Waals surface area contributed by atoms with Crippen LogP contribution >= 0.6 is 0 Å². The summed E-state index contributed by atoms with van der Waals surface area (Å²) in [6.45, 7) is 12.7. The zero-order chi connectivity index (χ0) is 12.6. The van der Waals surface area contributed by atoms with Crippen molar-refractivity contribution in [2.75, 3.05) is 19.7 Å². The normalized spacial score (nSPS) is 12.9. The Morgan fingerprint density at radius 2 is 1.88 bits per heavy atom. The molecule has 16 heavy (non-hydrogen) atoms. The topological polar surface area (TPSA) is 29.5 Å². The molecule has 0 bridgehead atoms. The molecule has 1 amide bonds. The average Bonchev–Trinajstić information content (AvgIpc) is 2.26. The molecule has 0 aromatic rings. The standard InChI is InChI=1S/C13H27NO2/c1-6-13(15)14(7-2)9-8-12(5)16-10-11(3)4/h11-12H,6-10H2,1-5H3. The number of nitrogens with zero attached hydrogens (tertiary/aromatic N) is 1. The lowest BCUT2D eigenvalue weighted by molar-refractivity contribution is -0.131. The van der Waals surface area contributed by atoms with E-state index in [2.05, 4.69) is 20.8 Å². The summed E-state index contributed by atoms with van der Waals surface area (Å²) in [5.41, 5.74) is 0. The number of carbonyl (C=O) groups excluding carboxylic acids is 1. The van der Waals surface area contributed by atoms with Gasteiger partial charge < -0.3 is 9.64 Å². The molecule has 0 aliphatic rings. The number of hydrogen-bond donors (Lipinski definition) is 0. The minimum absolute atomic E-state index is 0.235. The van der Waals surface area contributed by atoms with Crippen LogP contribution in [-0.2, 0) is 9.53 Å². The number of amides is 1. The van der Waals surface area contributed by atoms with Gasteiger partial charge >= 0.3 is 0 Å². The lowest BCUT2D eigenvalue weighted by Crippen LogP contribution is -2.33. The molecular weight excluding hydrogens is 202 g/mol. The minimum Gasteiger partial charge on any atom is -0.378 e. The van der Waals surface area contributed by atoms with Crippen molar-refractivity contribution in [3.63, 3.8) is 0 Å². The first kappa shape index (κ1) is 15.4. The zero-order valence-corrected chi connectivity index (χ0v) is 11.5. The zero-order valence-electron chi connectivity index (χ0n) is 11.5. The highest BCUT2D eigenvalue weighted by molar-refractivity contribution is 5.75. The Kier molecular flexibility index (Phi) is 8.26. The van der Waals surface area contributed by atoms with Crippen LogP contribution in [0.2, 0.25) is 0 Å². The highest BCUT2D eigenvalue weighted by Crippen LogP contribution is 2.04. The Balaban J connectivity index is 3.79. The summed E-state index contributed by atoms with van der Waals surface area (Å²) in [6, 6.07) is 0. The lowest BCUT2D eigenvalue weighted by atomic mass is 10.2. The van der Waals surface area contributed by atoms with Gasteiger partial charge in [0.05, 0.1) is 6.10 Å². The predicted octanol–water partition coefficient (Wildman–Crippen LogP) is 2.70. The van der Waals surface area contributed by atoms with Crippen molar-refractivity contribution in [2.24, 2.45) is 5.92 Å². The van der Waals surface area contributed by atoms with Crippen LogP contribution in [0, 0.1) is 5.92 Å². The monoisotopic (exact) mass is 229 g/mol. The van der Waals surface area contributed by atoms with Crippen LogP contribution in [0.15, 0.2) is 0 Å². The predicted molar refractivity (Wildman–Crippen MR) is 67.4 cm³/mol. The average molecular weight is 229 g/mol. The van der Waals surface area contributed by atoms with Gasteiger partial charge in [-0.25, -0.2) is 0 Å². The Labute approximate surface area is 100 Å². The van der Waals surface area contributed by atoms with Crippen molar-refractivity contribution in [3.8, 4) is 0 Å². The van der Waals surface area contributed by atoms with Gasteiger partial charge in [-0.2, -0.15) is 0 Å². The molecule has 0 aliphatic heterocycles. The number of rotatable bonds is 8. The van der Waals surface area contributed by atoms with E-state index in [1.165, 1.54) is 0 Å². The van der Waals surface area contributed by atoms with Gasteiger partial charge in [0.2, 0.25) is 5.91 Å². The maximum Gasteiger partial charge on any atom is 0.222 e. The molecular formula is C13H27NO2. The van der Waals surface area contributed by atoms with Gasteiger partial charge in [-0.3, -0.25) is 4.79 Å². The van der Waals surface area contributed by atoms with Gasteiger partial charge in [0.15, 0.2) is 0 Å². The van der Waals surface area contributed by atoms with Gasteiger partial charge in [-0.15, -0.1) is 0 Å². The molecule has 3 nitrogen and oxygen atoms in total. The van der Waals surface area contributed by atoms with E-state index in [0.29, 0.717) is 12.3 Å². The summed E-state index contributed by atoms with van der Waals surface area (Å²) in [6.07, 6.45) is 1.75. The number of carbonyl (C=O) groups is 1. The maximum atomic E-state index is 11.5. The molecule has 1 atom stereocenters. The van der Waals surface area contributed by atoms with Gasteiger partial charge in [0.1, 0.15) is 0 Å². The van der Waals surface area contributed by atoms with E-state index in [-0.39, 0.29) is 12.0 Å². The summed E-state index contributed by atoms with van der Waals surface area (Å²) >= 11 is 0. The third kappa shape index (κ3) is 6.83. The number of ether oxygens (including phenoxy) is 1. The van der Waals surface area contributed by atoms with Crippen LogP contribution in [-0.4, -0.2) is 36.6 Å². The van der Waals surface area contributed by atoms with E-state index in [0.717, 1.165) is 26.1 Å². The van der Waals surface area contributed by atoms with E-state index in [4.69, 9.17) is 4.74 Å². The second kappa shape index (κ2) is 8.57. The van der Waals surface area contributed by atoms with Gasteiger partial charge in [0, 0.05) is 26.1 Å². The van der Waals surface area contributed by atoms with Crippen LogP contribution in [0.4, 0.5) is 0 Å². The van der Waals surface area contributed by atoms with E-state index >= 15 is 0 Å². The van der Waals surface area contributed by atoms with Crippen molar-refractivity contribution < 1.29 is 9.53 Å². The molecule has 0 aromatic heterocycles. The van der Waals surface area contributed by atoms with Crippen molar-refractivity contribution >= 4 is 5.91 Å². The van der Waals surface area contributed by atoms with Crippen molar-refractivity contribution in [3.05, 3.63) is 0 Å². The third-order valence-corrected chi connectivity index (χ3v) is 2.56. The Morgan fingerprint density at radius 1 is 1.25 bits per heavy atom. The van der Waals surface area contributed by atoms with E-state index in [1.54, 1.807) is 0 Å². The highest BCUT2D eigenvalue weighted by Gasteiger charge is 2.11. The summed E-state index contributed by atoms with van der Waals surface area (Å²) in [4.78, 5) is 13.4. The Morgan fingerprint density at radius 3 is 2.31 bits per heavy atom. The van der Waals surface area contributed by atoms with Crippen molar-refractivity contribution in [1.29, 1.82) is 0 Å². The quantitative estimate of drug-likeness (QED) is 0.640. The largest absolute Gasteiger partial charge is 0.378 e. The molecule has 0 radical (unpaired) electrons. The molecule has 0 fully saturated rings. The van der Waals surface area contributed by atoms with Crippen LogP contribution in [0.25, 0.3) is 0 Å². The third-order valence-electron chi connectivity index (χ3n) is 2.56. The molecule has 96 valence electrons. The molecule has 0 aromatic carbocycles. The first-order valence-corrected chi connectivity index (χ1v) is 6.40. The molecule has 0 rings (SSSR count). The Bertz CT molecular complexity index is 192. The summed E-state index contributed by atoms with van der Waals surface area (Å²) in [5, 5.41) is 0. The fourth-order valence-electron chi connectivity index (χ4n) is 1.46. The smallest absolute Gasteiger partial charge is 0.222 e. The lowest BCUT2D eigenvalue weighted by Gasteiger charge is -2.22. The van der Waals surface area contributed by atoms with Crippen LogP contribution in [0.1, 0.15) is 47.5 Å². The summed E-state index contributed by atoms with van der Waals surface area (Å²) in [7, 11) is 0. The molecule has 0 spiro atoms.